The van der Waals surface area contributed by atoms with E-state index < -0.39 is 5.79 Å². The average Bonchev–Trinajstić information content (AvgIpc) is 3.26. The fourth-order valence-corrected chi connectivity index (χ4v) is 3.79. The van der Waals surface area contributed by atoms with Gasteiger partial charge in [0.15, 0.2) is 10.9 Å². The standard InChI is InChI=1S/C17H19N3O3S/c21-16(20-8-6-17(7-9-20)22-10-11-23-17)19-15-18-14(12-24-15)13-4-2-1-3-5-13/h1-5,12H,6-11H2,(H,18,19,21). The van der Waals surface area contributed by atoms with Gasteiger partial charge in [0.25, 0.3) is 0 Å². The number of carbonyl (C=O) groups excluding carboxylic acids is 1. The summed E-state index contributed by atoms with van der Waals surface area (Å²) in [6.45, 7) is 2.55. The molecule has 2 aliphatic heterocycles. The Morgan fingerprint density at radius 1 is 1.17 bits per heavy atom. The molecule has 0 unspecified atom stereocenters. The molecular formula is C17H19N3O3S. The molecule has 7 heteroatoms. The Morgan fingerprint density at radius 2 is 1.88 bits per heavy atom. The molecule has 0 bridgehead atoms. The Bertz CT molecular complexity index is 703. The van der Waals surface area contributed by atoms with Gasteiger partial charge in [-0.15, -0.1) is 11.3 Å². The van der Waals surface area contributed by atoms with Crippen molar-refractivity contribution in [1.29, 1.82) is 0 Å². The van der Waals surface area contributed by atoms with Gasteiger partial charge in [-0.2, -0.15) is 0 Å². The molecule has 2 fully saturated rings. The van der Waals surface area contributed by atoms with Crippen LogP contribution in [0.15, 0.2) is 35.7 Å². The molecule has 1 spiro atoms. The van der Waals surface area contributed by atoms with Gasteiger partial charge in [-0.25, -0.2) is 9.78 Å². The van der Waals surface area contributed by atoms with Gasteiger partial charge in [0, 0.05) is 36.9 Å². The van der Waals surface area contributed by atoms with Crippen LogP contribution in [0.4, 0.5) is 9.93 Å². The van der Waals surface area contributed by atoms with Crippen molar-refractivity contribution in [2.24, 2.45) is 0 Å². The summed E-state index contributed by atoms with van der Waals surface area (Å²) in [5, 5.41) is 5.47. The number of nitrogens with zero attached hydrogens (tertiary/aromatic N) is 2. The van der Waals surface area contributed by atoms with Gasteiger partial charge in [-0.1, -0.05) is 30.3 Å². The summed E-state index contributed by atoms with van der Waals surface area (Å²) in [5.41, 5.74) is 1.92. The van der Waals surface area contributed by atoms with Crippen LogP contribution in [0.5, 0.6) is 0 Å². The quantitative estimate of drug-likeness (QED) is 0.908. The van der Waals surface area contributed by atoms with E-state index in [2.05, 4.69) is 10.3 Å². The molecule has 1 N–H and O–H groups in total. The van der Waals surface area contributed by atoms with Gasteiger partial charge in [-0.05, 0) is 0 Å². The van der Waals surface area contributed by atoms with Crippen molar-refractivity contribution in [1.82, 2.24) is 9.88 Å². The maximum absolute atomic E-state index is 12.4. The number of benzene rings is 1. The van der Waals surface area contributed by atoms with E-state index in [1.165, 1.54) is 11.3 Å². The molecule has 6 nitrogen and oxygen atoms in total. The van der Waals surface area contributed by atoms with Crippen molar-refractivity contribution in [3.8, 4) is 11.3 Å². The molecule has 4 rings (SSSR count). The van der Waals surface area contributed by atoms with Gasteiger partial charge < -0.3 is 14.4 Å². The number of hydrogen-bond donors (Lipinski definition) is 1. The SMILES string of the molecule is O=C(Nc1nc(-c2ccccc2)cs1)N1CCC2(CC1)OCCO2. The van der Waals surface area contributed by atoms with Gasteiger partial charge in [0.1, 0.15) is 0 Å². The highest BCUT2D eigenvalue weighted by atomic mass is 32.1. The molecule has 24 heavy (non-hydrogen) atoms. The van der Waals surface area contributed by atoms with E-state index in [9.17, 15) is 4.79 Å². The van der Waals surface area contributed by atoms with Gasteiger partial charge >= 0.3 is 6.03 Å². The summed E-state index contributed by atoms with van der Waals surface area (Å²) in [5.74, 6) is -0.460. The Balaban J connectivity index is 1.36. The predicted octanol–water partition coefficient (Wildman–Crippen LogP) is 3.18. The number of thiazole rings is 1. The molecule has 0 saturated carbocycles. The number of hydrogen-bond acceptors (Lipinski definition) is 5. The van der Waals surface area contributed by atoms with Crippen LogP contribution in [0.2, 0.25) is 0 Å². The zero-order chi connectivity index (χ0) is 16.4. The summed E-state index contributed by atoms with van der Waals surface area (Å²) in [7, 11) is 0. The summed E-state index contributed by atoms with van der Waals surface area (Å²) in [6.07, 6.45) is 1.43. The Morgan fingerprint density at radius 3 is 2.58 bits per heavy atom. The number of carbonyl (C=O) groups is 1. The maximum Gasteiger partial charge on any atom is 0.323 e. The lowest BCUT2D eigenvalue weighted by Crippen LogP contribution is -2.48. The normalized spacial score (nSPS) is 19.6. The van der Waals surface area contributed by atoms with Crippen LogP contribution in [0.3, 0.4) is 0 Å². The molecule has 0 atom stereocenters. The second kappa shape index (κ2) is 6.51. The minimum absolute atomic E-state index is 0.114. The Hall–Kier alpha value is -1.96. The molecule has 1 aromatic heterocycles. The third kappa shape index (κ3) is 3.15. The lowest BCUT2D eigenvalue weighted by Gasteiger charge is -2.37. The third-order valence-corrected chi connectivity index (χ3v) is 5.17. The zero-order valence-corrected chi connectivity index (χ0v) is 14.1. The van der Waals surface area contributed by atoms with E-state index in [0.717, 1.165) is 11.3 Å². The van der Waals surface area contributed by atoms with Crippen LogP contribution in [-0.2, 0) is 9.47 Å². The minimum atomic E-state index is -0.460. The highest BCUT2D eigenvalue weighted by Gasteiger charge is 2.40. The number of nitrogens with one attached hydrogen (secondary N) is 1. The van der Waals surface area contributed by atoms with Crippen LogP contribution in [0.25, 0.3) is 11.3 Å². The van der Waals surface area contributed by atoms with E-state index in [-0.39, 0.29) is 6.03 Å². The van der Waals surface area contributed by atoms with E-state index in [0.29, 0.717) is 44.3 Å². The van der Waals surface area contributed by atoms with Crippen LogP contribution in [0.1, 0.15) is 12.8 Å². The number of aromatic nitrogens is 1. The highest BCUT2D eigenvalue weighted by Crippen LogP contribution is 2.31. The predicted molar refractivity (Wildman–Crippen MR) is 92.0 cm³/mol. The Labute approximate surface area is 144 Å². The molecule has 2 saturated heterocycles. The molecule has 3 heterocycles. The third-order valence-electron chi connectivity index (χ3n) is 4.41. The lowest BCUT2D eigenvalue weighted by molar-refractivity contribution is -0.181. The fourth-order valence-electron chi connectivity index (χ4n) is 3.08. The van der Waals surface area contributed by atoms with E-state index in [1.54, 1.807) is 4.90 Å². The molecule has 126 valence electrons. The summed E-state index contributed by atoms with van der Waals surface area (Å²) in [4.78, 5) is 18.7. The first-order valence-electron chi connectivity index (χ1n) is 8.09. The van der Waals surface area contributed by atoms with Crippen LogP contribution in [-0.4, -0.2) is 48.0 Å². The molecule has 0 radical (unpaired) electrons. The summed E-state index contributed by atoms with van der Waals surface area (Å²) < 4.78 is 11.4. The van der Waals surface area contributed by atoms with Gasteiger partial charge in [-0.3, -0.25) is 5.32 Å². The number of anilines is 1. The number of likely N-dealkylation sites (tertiary alicyclic amines) is 1. The molecule has 2 aliphatic rings. The van der Waals surface area contributed by atoms with Gasteiger partial charge in [0.05, 0.1) is 18.9 Å². The molecule has 2 aromatic rings. The van der Waals surface area contributed by atoms with Crippen molar-refractivity contribution in [3.63, 3.8) is 0 Å². The number of urea groups is 1. The van der Waals surface area contributed by atoms with Crippen LogP contribution in [0, 0.1) is 0 Å². The monoisotopic (exact) mass is 345 g/mol. The second-order valence-corrected chi connectivity index (χ2v) is 6.79. The summed E-state index contributed by atoms with van der Waals surface area (Å²) >= 11 is 1.44. The smallest absolute Gasteiger partial charge is 0.323 e. The molecule has 2 amide bonds. The molecule has 0 aliphatic carbocycles. The first kappa shape index (κ1) is 15.6. The highest BCUT2D eigenvalue weighted by molar-refractivity contribution is 7.14. The zero-order valence-electron chi connectivity index (χ0n) is 13.2. The largest absolute Gasteiger partial charge is 0.347 e. The van der Waals surface area contributed by atoms with Crippen molar-refractivity contribution < 1.29 is 14.3 Å². The topological polar surface area (TPSA) is 63.7 Å². The molecule has 1 aromatic carbocycles. The minimum Gasteiger partial charge on any atom is -0.347 e. The molecular weight excluding hydrogens is 326 g/mol. The van der Waals surface area contributed by atoms with E-state index in [1.807, 2.05) is 35.7 Å². The first-order valence-corrected chi connectivity index (χ1v) is 8.97. The first-order chi connectivity index (χ1) is 11.7. The van der Waals surface area contributed by atoms with Crippen LogP contribution < -0.4 is 5.32 Å². The lowest BCUT2D eigenvalue weighted by atomic mass is 10.0. The number of rotatable bonds is 2. The fraction of sp³-hybridized carbons (Fsp3) is 0.412. The van der Waals surface area contributed by atoms with Crippen molar-refractivity contribution in [2.75, 3.05) is 31.6 Å². The van der Waals surface area contributed by atoms with Crippen LogP contribution >= 0.6 is 11.3 Å². The number of amides is 2. The van der Waals surface area contributed by atoms with Crippen molar-refractivity contribution >= 4 is 22.5 Å². The van der Waals surface area contributed by atoms with E-state index >= 15 is 0 Å². The number of piperidine rings is 1. The Kier molecular flexibility index (Phi) is 4.22. The summed E-state index contributed by atoms with van der Waals surface area (Å²) in [6, 6.07) is 9.82. The van der Waals surface area contributed by atoms with E-state index in [4.69, 9.17) is 9.47 Å². The average molecular weight is 345 g/mol. The second-order valence-electron chi connectivity index (χ2n) is 5.93. The van der Waals surface area contributed by atoms with Crippen molar-refractivity contribution in [3.05, 3.63) is 35.7 Å². The van der Waals surface area contributed by atoms with Crippen molar-refractivity contribution in [2.45, 2.75) is 18.6 Å². The maximum atomic E-state index is 12.4. The van der Waals surface area contributed by atoms with Gasteiger partial charge in [0.2, 0.25) is 0 Å². The number of ether oxygens (including phenoxy) is 2.